The van der Waals surface area contributed by atoms with E-state index in [4.69, 9.17) is 10.5 Å². The highest BCUT2D eigenvalue weighted by atomic mass is 19.4. The second-order valence-corrected chi connectivity index (χ2v) is 4.71. The molecule has 1 aromatic rings. The number of alkyl halides is 3. The van der Waals surface area contributed by atoms with Gasteiger partial charge in [-0.05, 0) is 24.6 Å². The first kappa shape index (κ1) is 17.5. The molecule has 21 heavy (non-hydrogen) atoms. The van der Waals surface area contributed by atoms with Crippen LogP contribution in [0.2, 0.25) is 0 Å². The summed E-state index contributed by atoms with van der Waals surface area (Å²) in [6, 6.07) is 4.30. The van der Waals surface area contributed by atoms with E-state index in [0.717, 1.165) is 12.1 Å². The number of amides is 1. The lowest BCUT2D eigenvalue weighted by Crippen LogP contribution is -2.33. The van der Waals surface area contributed by atoms with Gasteiger partial charge < -0.3 is 15.8 Å². The first-order valence-corrected chi connectivity index (χ1v) is 6.47. The van der Waals surface area contributed by atoms with Crippen molar-refractivity contribution in [2.75, 3.05) is 13.7 Å². The van der Waals surface area contributed by atoms with E-state index in [9.17, 15) is 18.0 Å². The van der Waals surface area contributed by atoms with Gasteiger partial charge >= 0.3 is 6.18 Å². The van der Waals surface area contributed by atoms with E-state index in [1.807, 2.05) is 0 Å². The topological polar surface area (TPSA) is 64.3 Å². The summed E-state index contributed by atoms with van der Waals surface area (Å²) in [5, 5.41) is 2.70. The lowest BCUT2D eigenvalue weighted by Gasteiger charge is -2.17. The van der Waals surface area contributed by atoms with Crippen LogP contribution >= 0.6 is 0 Å². The molecule has 0 aliphatic rings. The number of methoxy groups -OCH3 is 1. The number of carbonyl (C=O) groups excluding carboxylic acids is 1. The first-order valence-electron chi connectivity index (χ1n) is 6.47. The quantitative estimate of drug-likeness (QED) is 0.847. The molecule has 3 N–H and O–H groups in total. The molecule has 1 amide bonds. The number of rotatable bonds is 6. The van der Waals surface area contributed by atoms with Gasteiger partial charge in [-0.25, -0.2) is 0 Å². The number of nitrogens with one attached hydrogen (secondary N) is 1. The number of nitrogens with two attached hydrogens (primary N) is 1. The fourth-order valence-corrected chi connectivity index (χ4v) is 1.81. The van der Waals surface area contributed by atoms with Crippen LogP contribution in [0.1, 0.15) is 30.5 Å². The molecule has 2 atom stereocenters. The Morgan fingerprint density at radius 3 is 2.33 bits per heavy atom. The third kappa shape index (κ3) is 5.35. The summed E-state index contributed by atoms with van der Waals surface area (Å²) in [7, 11) is 1.46. The Morgan fingerprint density at radius 2 is 1.90 bits per heavy atom. The number of hydrogen-bond acceptors (Lipinski definition) is 3. The van der Waals surface area contributed by atoms with Gasteiger partial charge in [-0.15, -0.1) is 0 Å². The average Bonchev–Trinajstić information content (AvgIpc) is 2.43. The van der Waals surface area contributed by atoms with Crippen LogP contribution in [0.4, 0.5) is 13.2 Å². The molecule has 2 unspecified atom stereocenters. The standard InChI is InChI=1S/C14H19F3N2O2/c1-9(19-13(20)7-12(8-18)21-2)10-3-5-11(6-4-10)14(15,16)17/h3-6,9,12H,7-8,18H2,1-2H3,(H,19,20). The van der Waals surface area contributed by atoms with Crippen molar-refractivity contribution in [2.45, 2.75) is 31.7 Å². The van der Waals surface area contributed by atoms with E-state index in [0.29, 0.717) is 5.56 Å². The molecule has 0 saturated carbocycles. The Kier molecular flexibility index (Phi) is 6.17. The van der Waals surface area contributed by atoms with Crippen LogP contribution in [-0.2, 0) is 15.7 Å². The van der Waals surface area contributed by atoms with Crippen LogP contribution in [0.5, 0.6) is 0 Å². The Balaban J connectivity index is 2.63. The van der Waals surface area contributed by atoms with Crippen LogP contribution < -0.4 is 11.1 Å². The number of halogens is 3. The van der Waals surface area contributed by atoms with Crippen LogP contribution in [0, 0.1) is 0 Å². The highest BCUT2D eigenvalue weighted by Gasteiger charge is 2.30. The van der Waals surface area contributed by atoms with E-state index in [1.54, 1.807) is 6.92 Å². The Hall–Kier alpha value is -1.60. The summed E-state index contributed by atoms with van der Waals surface area (Å²) in [4.78, 5) is 11.8. The SMILES string of the molecule is COC(CN)CC(=O)NC(C)c1ccc(C(F)(F)F)cc1. The van der Waals surface area contributed by atoms with Crippen LogP contribution in [0.3, 0.4) is 0 Å². The smallest absolute Gasteiger partial charge is 0.380 e. The number of carbonyl (C=O) groups is 1. The molecule has 0 radical (unpaired) electrons. The summed E-state index contributed by atoms with van der Waals surface area (Å²) in [6.45, 7) is 1.92. The van der Waals surface area contributed by atoms with E-state index < -0.39 is 17.8 Å². The minimum atomic E-state index is -4.36. The second kappa shape index (κ2) is 7.42. The minimum Gasteiger partial charge on any atom is -0.380 e. The molecular weight excluding hydrogens is 285 g/mol. The van der Waals surface area contributed by atoms with Gasteiger partial charge in [-0.2, -0.15) is 13.2 Å². The average molecular weight is 304 g/mol. The molecule has 118 valence electrons. The molecule has 0 aliphatic heterocycles. The Morgan fingerprint density at radius 1 is 1.33 bits per heavy atom. The van der Waals surface area contributed by atoms with Gasteiger partial charge in [0.1, 0.15) is 0 Å². The molecule has 7 heteroatoms. The summed E-state index contributed by atoms with van der Waals surface area (Å²) < 4.78 is 42.4. The van der Waals surface area contributed by atoms with E-state index in [1.165, 1.54) is 19.2 Å². The molecule has 0 spiro atoms. The van der Waals surface area contributed by atoms with Crippen LogP contribution in [0.15, 0.2) is 24.3 Å². The number of ether oxygens (including phenoxy) is 1. The van der Waals surface area contributed by atoms with Gasteiger partial charge in [0.15, 0.2) is 0 Å². The van der Waals surface area contributed by atoms with Crippen molar-refractivity contribution >= 4 is 5.91 Å². The van der Waals surface area contributed by atoms with Crippen LogP contribution in [0.25, 0.3) is 0 Å². The lowest BCUT2D eigenvalue weighted by molar-refractivity contribution is -0.137. The molecule has 0 bridgehead atoms. The number of benzene rings is 1. The van der Waals surface area contributed by atoms with Gasteiger partial charge in [-0.3, -0.25) is 4.79 Å². The fraction of sp³-hybridized carbons (Fsp3) is 0.500. The predicted octanol–water partition coefficient (Wildman–Crippen LogP) is 2.25. The third-order valence-corrected chi connectivity index (χ3v) is 3.12. The van der Waals surface area contributed by atoms with Gasteiger partial charge in [0.05, 0.1) is 24.1 Å². The summed E-state index contributed by atoms with van der Waals surface area (Å²) in [5.74, 6) is -0.264. The van der Waals surface area contributed by atoms with Crippen molar-refractivity contribution in [3.05, 3.63) is 35.4 Å². The molecule has 0 aromatic heterocycles. The molecular formula is C14H19F3N2O2. The molecule has 1 rings (SSSR count). The second-order valence-electron chi connectivity index (χ2n) is 4.71. The zero-order valence-electron chi connectivity index (χ0n) is 11.9. The van der Waals surface area contributed by atoms with Gasteiger partial charge in [0, 0.05) is 13.7 Å². The normalized spacial score (nSPS) is 14.6. The van der Waals surface area contributed by atoms with E-state index >= 15 is 0 Å². The van der Waals surface area contributed by atoms with Crippen molar-refractivity contribution in [3.63, 3.8) is 0 Å². The zero-order valence-corrected chi connectivity index (χ0v) is 11.9. The largest absolute Gasteiger partial charge is 0.416 e. The maximum absolute atomic E-state index is 12.5. The molecule has 1 aromatic carbocycles. The minimum absolute atomic E-state index is 0.109. The van der Waals surface area contributed by atoms with Gasteiger partial charge in [0.25, 0.3) is 0 Å². The van der Waals surface area contributed by atoms with Gasteiger partial charge in [0.2, 0.25) is 5.91 Å². The summed E-state index contributed by atoms with van der Waals surface area (Å²) in [6.07, 6.45) is -4.62. The third-order valence-electron chi connectivity index (χ3n) is 3.12. The van der Waals surface area contributed by atoms with Crippen molar-refractivity contribution in [1.29, 1.82) is 0 Å². The van der Waals surface area contributed by atoms with Crippen LogP contribution in [-0.4, -0.2) is 25.7 Å². The molecule has 4 nitrogen and oxygen atoms in total. The molecule has 0 fully saturated rings. The van der Waals surface area contributed by atoms with E-state index in [2.05, 4.69) is 5.32 Å². The number of hydrogen-bond donors (Lipinski definition) is 2. The predicted molar refractivity (Wildman–Crippen MR) is 72.5 cm³/mol. The molecule has 0 saturated heterocycles. The van der Waals surface area contributed by atoms with Crippen molar-refractivity contribution in [3.8, 4) is 0 Å². The highest BCUT2D eigenvalue weighted by molar-refractivity contribution is 5.77. The maximum atomic E-state index is 12.5. The zero-order chi connectivity index (χ0) is 16.0. The van der Waals surface area contributed by atoms with Gasteiger partial charge in [-0.1, -0.05) is 12.1 Å². The summed E-state index contributed by atoms with van der Waals surface area (Å²) in [5.41, 5.74) is 5.30. The maximum Gasteiger partial charge on any atom is 0.416 e. The molecule has 0 heterocycles. The van der Waals surface area contributed by atoms with Crippen molar-refractivity contribution in [2.24, 2.45) is 5.73 Å². The van der Waals surface area contributed by atoms with Crippen molar-refractivity contribution < 1.29 is 22.7 Å². The van der Waals surface area contributed by atoms with Crippen molar-refractivity contribution in [1.82, 2.24) is 5.32 Å². The fourth-order valence-electron chi connectivity index (χ4n) is 1.81. The Bertz CT molecular complexity index is 456. The summed E-state index contributed by atoms with van der Waals surface area (Å²) >= 11 is 0. The lowest BCUT2D eigenvalue weighted by atomic mass is 10.1. The van der Waals surface area contributed by atoms with E-state index in [-0.39, 0.29) is 25.0 Å². The first-order chi connectivity index (χ1) is 9.77. The monoisotopic (exact) mass is 304 g/mol. The highest BCUT2D eigenvalue weighted by Crippen LogP contribution is 2.29. The Labute approximate surface area is 121 Å². The molecule has 0 aliphatic carbocycles.